The summed E-state index contributed by atoms with van der Waals surface area (Å²) in [5.74, 6) is 1.82. The molecule has 4 nitrogen and oxygen atoms in total. The Morgan fingerprint density at radius 1 is 1.12 bits per heavy atom. The van der Waals surface area contributed by atoms with Crippen LogP contribution < -0.4 is 5.32 Å². The zero-order chi connectivity index (χ0) is 16.1. The summed E-state index contributed by atoms with van der Waals surface area (Å²) in [4.78, 5) is 2.42. The molecule has 1 aromatic carbocycles. The first-order valence-electron chi connectivity index (χ1n) is 8.09. The molecule has 1 aliphatic rings. The molecular formula is C18H25Cl3N2O2. The van der Waals surface area contributed by atoms with Gasteiger partial charge in [-0.2, -0.15) is 0 Å². The van der Waals surface area contributed by atoms with Gasteiger partial charge in [0, 0.05) is 36.8 Å². The van der Waals surface area contributed by atoms with Crippen molar-refractivity contribution in [3.63, 3.8) is 0 Å². The van der Waals surface area contributed by atoms with Gasteiger partial charge < -0.3 is 14.5 Å². The molecule has 1 fully saturated rings. The van der Waals surface area contributed by atoms with Gasteiger partial charge in [0.15, 0.2) is 0 Å². The minimum Gasteiger partial charge on any atom is -0.460 e. The van der Waals surface area contributed by atoms with Crippen LogP contribution in [0, 0.1) is 6.92 Å². The summed E-state index contributed by atoms with van der Waals surface area (Å²) in [7, 11) is 0. The summed E-state index contributed by atoms with van der Waals surface area (Å²) in [5.41, 5.74) is 2.10. The van der Waals surface area contributed by atoms with Gasteiger partial charge in [0.05, 0.1) is 19.8 Å². The maximum atomic E-state index is 6.18. The van der Waals surface area contributed by atoms with Crippen LogP contribution in [0.4, 0.5) is 0 Å². The minimum atomic E-state index is 0. The van der Waals surface area contributed by atoms with Crippen LogP contribution in [0.2, 0.25) is 5.02 Å². The number of benzene rings is 1. The van der Waals surface area contributed by atoms with Crippen molar-refractivity contribution in [3.05, 3.63) is 46.7 Å². The predicted octanol–water partition coefficient (Wildman–Crippen LogP) is 4.17. The fraction of sp³-hybridized carbons (Fsp3) is 0.444. The van der Waals surface area contributed by atoms with E-state index < -0.39 is 0 Å². The van der Waals surface area contributed by atoms with Gasteiger partial charge in [0.2, 0.25) is 0 Å². The number of halogens is 3. The Morgan fingerprint density at radius 3 is 2.64 bits per heavy atom. The van der Waals surface area contributed by atoms with E-state index in [0.717, 1.165) is 73.6 Å². The molecule has 3 rings (SSSR count). The van der Waals surface area contributed by atoms with Crippen LogP contribution in [0.15, 0.2) is 34.7 Å². The topological polar surface area (TPSA) is 37.6 Å². The molecule has 25 heavy (non-hydrogen) atoms. The minimum absolute atomic E-state index is 0. The molecule has 0 atom stereocenters. The first-order valence-corrected chi connectivity index (χ1v) is 8.47. The Hall–Kier alpha value is -0.750. The molecule has 0 spiro atoms. The lowest BCUT2D eigenvalue weighted by atomic mass is 10.1. The third-order valence-electron chi connectivity index (χ3n) is 4.20. The average molecular weight is 408 g/mol. The van der Waals surface area contributed by atoms with E-state index in [-0.39, 0.29) is 24.8 Å². The van der Waals surface area contributed by atoms with Gasteiger partial charge in [-0.05, 0) is 30.7 Å². The molecule has 0 radical (unpaired) electrons. The average Bonchev–Trinajstić information content (AvgIpc) is 3.04. The molecular weight excluding hydrogens is 383 g/mol. The fourth-order valence-corrected chi connectivity index (χ4v) is 2.94. The lowest BCUT2D eigenvalue weighted by Crippen LogP contribution is -2.40. The molecule has 0 saturated carbocycles. The highest BCUT2D eigenvalue weighted by Gasteiger charge is 2.11. The molecule has 1 aliphatic heterocycles. The Labute approximate surface area is 166 Å². The van der Waals surface area contributed by atoms with Crippen molar-refractivity contribution >= 4 is 36.4 Å². The van der Waals surface area contributed by atoms with Crippen molar-refractivity contribution in [3.8, 4) is 11.3 Å². The highest BCUT2D eigenvalue weighted by Crippen LogP contribution is 2.29. The third kappa shape index (κ3) is 6.17. The van der Waals surface area contributed by atoms with Crippen LogP contribution in [0.3, 0.4) is 0 Å². The van der Waals surface area contributed by atoms with Crippen LogP contribution in [-0.4, -0.2) is 44.3 Å². The summed E-state index contributed by atoms with van der Waals surface area (Å²) in [6.07, 6.45) is 0. The van der Waals surface area contributed by atoms with E-state index in [0.29, 0.717) is 0 Å². The van der Waals surface area contributed by atoms with E-state index in [2.05, 4.69) is 10.2 Å². The van der Waals surface area contributed by atoms with E-state index in [1.807, 2.05) is 37.3 Å². The third-order valence-corrected chi connectivity index (χ3v) is 4.61. The second-order valence-electron chi connectivity index (χ2n) is 5.81. The number of hydrogen-bond donors (Lipinski definition) is 1. The summed E-state index contributed by atoms with van der Waals surface area (Å²) in [6, 6.07) is 9.93. The van der Waals surface area contributed by atoms with E-state index in [1.54, 1.807) is 0 Å². The van der Waals surface area contributed by atoms with Crippen molar-refractivity contribution in [2.24, 2.45) is 0 Å². The van der Waals surface area contributed by atoms with Gasteiger partial charge in [-0.3, -0.25) is 4.90 Å². The smallest absolute Gasteiger partial charge is 0.134 e. The van der Waals surface area contributed by atoms with Crippen molar-refractivity contribution in [1.82, 2.24) is 10.2 Å². The molecule has 140 valence electrons. The number of nitrogens with zero attached hydrogens (tertiary/aromatic N) is 1. The van der Waals surface area contributed by atoms with Gasteiger partial charge in [-0.1, -0.05) is 23.7 Å². The standard InChI is InChI=1S/C18H23ClN2O2.2ClH/c1-14-16(3-2-4-17(14)19)18-6-5-15(23-18)13-20-7-8-21-9-11-22-12-10-21;;/h2-6,20H,7-13H2,1H3;2*1H. The van der Waals surface area contributed by atoms with Gasteiger partial charge in [0.25, 0.3) is 0 Å². The number of ether oxygens (including phenoxy) is 1. The summed E-state index contributed by atoms with van der Waals surface area (Å²) < 4.78 is 11.3. The second-order valence-corrected chi connectivity index (χ2v) is 6.22. The summed E-state index contributed by atoms with van der Waals surface area (Å²) >= 11 is 6.18. The van der Waals surface area contributed by atoms with Crippen LogP contribution in [0.1, 0.15) is 11.3 Å². The normalized spacial score (nSPS) is 14.6. The van der Waals surface area contributed by atoms with Crippen molar-refractivity contribution in [2.75, 3.05) is 39.4 Å². The monoisotopic (exact) mass is 406 g/mol. The summed E-state index contributed by atoms with van der Waals surface area (Å²) in [5, 5.41) is 4.21. The number of nitrogens with one attached hydrogen (secondary N) is 1. The van der Waals surface area contributed by atoms with Crippen LogP contribution in [-0.2, 0) is 11.3 Å². The van der Waals surface area contributed by atoms with Crippen molar-refractivity contribution in [1.29, 1.82) is 0 Å². The van der Waals surface area contributed by atoms with Gasteiger partial charge in [-0.25, -0.2) is 0 Å². The largest absolute Gasteiger partial charge is 0.460 e. The first kappa shape index (κ1) is 22.3. The maximum Gasteiger partial charge on any atom is 0.134 e. The lowest BCUT2D eigenvalue weighted by molar-refractivity contribution is 0.0383. The SMILES string of the molecule is Cc1c(Cl)cccc1-c1ccc(CNCCN2CCOCC2)o1.Cl.Cl. The zero-order valence-electron chi connectivity index (χ0n) is 14.3. The fourth-order valence-electron chi connectivity index (χ4n) is 2.77. The van der Waals surface area contributed by atoms with Crippen molar-refractivity contribution in [2.45, 2.75) is 13.5 Å². The van der Waals surface area contributed by atoms with Gasteiger partial charge in [-0.15, -0.1) is 24.8 Å². The quantitative estimate of drug-likeness (QED) is 0.729. The molecule has 2 aromatic rings. The highest BCUT2D eigenvalue weighted by molar-refractivity contribution is 6.31. The van der Waals surface area contributed by atoms with Gasteiger partial charge in [0.1, 0.15) is 11.5 Å². The molecule has 1 aromatic heterocycles. The Morgan fingerprint density at radius 2 is 1.88 bits per heavy atom. The predicted molar refractivity (Wildman–Crippen MR) is 107 cm³/mol. The Balaban J connectivity index is 0.00000156. The van der Waals surface area contributed by atoms with Crippen LogP contribution in [0.5, 0.6) is 0 Å². The molecule has 0 amide bonds. The van der Waals surface area contributed by atoms with Crippen LogP contribution >= 0.6 is 36.4 Å². The maximum absolute atomic E-state index is 6.18. The first-order chi connectivity index (χ1) is 11.2. The Kier molecular flexibility index (Phi) is 9.87. The van der Waals surface area contributed by atoms with Crippen LogP contribution in [0.25, 0.3) is 11.3 Å². The molecule has 2 heterocycles. The molecule has 0 bridgehead atoms. The number of hydrogen-bond acceptors (Lipinski definition) is 4. The molecule has 7 heteroatoms. The van der Waals surface area contributed by atoms with E-state index >= 15 is 0 Å². The van der Waals surface area contributed by atoms with E-state index in [1.165, 1.54) is 0 Å². The van der Waals surface area contributed by atoms with E-state index in [4.69, 9.17) is 20.8 Å². The second kappa shape index (κ2) is 11.1. The number of morpholine rings is 1. The van der Waals surface area contributed by atoms with E-state index in [9.17, 15) is 0 Å². The summed E-state index contributed by atoms with van der Waals surface area (Å²) in [6.45, 7) is 8.50. The Bertz CT molecular complexity index is 643. The lowest BCUT2D eigenvalue weighted by Gasteiger charge is -2.26. The number of furan rings is 1. The molecule has 1 saturated heterocycles. The highest BCUT2D eigenvalue weighted by atomic mass is 35.5. The number of rotatable bonds is 6. The molecule has 1 N–H and O–H groups in total. The van der Waals surface area contributed by atoms with Gasteiger partial charge >= 0.3 is 0 Å². The zero-order valence-corrected chi connectivity index (χ0v) is 16.7. The van der Waals surface area contributed by atoms with Crippen molar-refractivity contribution < 1.29 is 9.15 Å². The molecule has 0 unspecified atom stereocenters. The molecule has 0 aliphatic carbocycles.